The van der Waals surface area contributed by atoms with E-state index >= 15 is 0 Å². The molecule has 0 atom stereocenters. The highest BCUT2D eigenvalue weighted by Gasteiger charge is 2.40. The lowest BCUT2D eigenvalue weighted by Gasteiger charge is -2.13. The number of nitrogens with one attached hydrogen (secondary N) is 1. The number of anilines is 1. The van der Waals surface area contributed by atoms with Gasteiger partial charge >= 0.3 is 0 Å². The summed E-state index contributed by atoms with van der Waals surface area (Å²) in [6, 6.07) is 3.04. The van der Waals surface area contributed by atoms with E-state index in [1.807, 2.05) is 0 Å². The monoisotopic (exact) mass is 195 g/mol. The SMILES string of the molecule is NCC1(CNc2ccc(F)cn2)CC1. The first-order valence-corrected chi connectivity index (χ1v) is 4.80. The molecule has 1 fully saturated rings. The number of halogens is 1. The smallest absolute Gasteiger partial charge is 0.141 e. The maximum atomic E-state index is 12.5. The average molecular weight is 195 g/mol. The zero-order valence-corrected chi connectivity index (χ0v) is 7.96. The molecule has 3 N–H and O–H groups in total. The summed E-state index contributed by atoms with van der Waals surface area (Å²) in [4.78, 5) is 3.92. The molecule has 2 rings (SSSR count). The lowest BCUT2D eigenvalue weighted by Crippen LogP contribution is -2.24. The first-order chi connectivity index (χ1) is 6.74. The number of nitrogens with zero attached hydrogens (tertiary/aromatic N) is 1. The molecular formula is C10H14FN3. The molecule has 1 aliphatic carbocycles. The van der Waals surface area contributed by atoms with E-state index in [2.05, 4.69) is 10.3 Å². The van der Waals surface area contributed by atoms with Gasteiger partial charge < -0.3 is 11.1 Å². The molecule has 76 valence electrons. The summed E-state index contributed by atoms with van der Waals surface area (Å²) in [6.45, 7) is 1.54. The Bertz CT molecular complexity index is 306. The first kappa shape index (κ1) is 9.40. The maximum Gasteiger partial charge on any atom is 0.141 e. The van der Waals surface area contributed by atoms with Crippen LogP contribution in [-0.2, 0) is 0 Å². The normalized spacial score (nSPS) is 17.9. The number of hydrogen-bond donors (Lipinski definition) is 2. The summed E-state index contributed by atoms with van der Waals surface area (Å²) in [5, 5.41) is 3.17. The fourth-order valence-corrected chi connectivity index (χ4v) is 1.39. The second kappa shape index (κ2) is 3.53. The molecule has 0 radical (unpaired) electrons. The largest absolute Gasteiger partial charge is 0.369 e. The van der Waals surface area contributed by atoms with Crippen molar-refractivity contribution >= 4 is 5.82 Å². The number of hydrogen-bond acceptors (Lipinski definition) is 3. The van der Waals surface area contributed by atoms with Crippen LogP contribution >= 0.6 is 0 Å². The van der Waals surface area contributed by atoms with E-state index in [9.17, 15) is 4.39 Å². The molecule has 1 aromatic rings. The third-order valence-corrected chi connectivity index (χ3v) is 2.76. The van der Waals surface area contributed by atoms with Crippen molar-refractivity contribution in [2.45, 2.75) is 12.8 Å². The highest BCUT2D eigenvalue weighted by molar-refractivity contribution is 5.34. The minimum atomic E-state index is -0.310. The van der Waals surface area contributed by atoms with Crippen molar-refractivity contribution in [2.75, 3.05) is 18.4 Å². The van der Waals surface area contributed by atoms with Crippen LogP contribution in [-0.4, -0.2) is 18.1 Å². The maximum absolute atomic E-state index is 12.5. The Labute approximate surface area is 82.5 Å². The van der Waals surface area contributed by atoms with Gasteiger partial charge in [-0.3, -0.25) is 0 Å². The minimum absolute atomic E-state index is 0.274. The van der Waals surface area contributed by atoms with E-state index in [1.165, 1.54) is 25.1 Å². The molecule has 14 heavy (non-hydrogen) atoms. The molecule has 0 bridgehead atoms. The van der Waals surface area contributed by atoms with Crippen molar-refractivity contribution in [1.82, 2.24) is 4.98 Å². The Balaban J connectivity index is 1.89. The topological polar surface area (TPSA) is 50.9 Å². The van der Waals surface area contributed by atoms with Gasteiger partial charge in [-0.2, -0.15) is 0 Å². The summed E-state index contributed by atoms with van der Waals surface area (Å²) >= 11 is 0. The molecule has 3 nitrogen and oxygen atoms in total. The fourth-order valence-electron chi connectivity index (χ4n) is 1.39. The third kappa shape index (κ3) is 2.01. The minimum Gasteiger partial charge on any atom is -0.369 e. The van der Waals surface area contributed by atoms with Crippen LogP contribution in [0.2, 0.25) is 0 Å². The Morgan fingerprint density at radius 2 is 2.29 bits per heavy atom. The predicted octanol–water partition coefficient (Wildman–Crippen LogP) is 1.37. The van der Waals surface area contributed by atoms with E-state index in [4.69, 9.17) is 5.73 Å². The number of pyridine rings is 1. The van der Waals surface area contributed by atoms with Gasteiger partial charge in [-0.25, -0.2) is 9.37 Å². The predicted molar refractivity (Wildman–Crippen MR) is 53.4 cm³/mol. The van der Waals surface area contributed by atoms with Crippen LogP contribution < -0.4 is 11.1 Å². The molecule has 0 aromatic carbocycles. The zero-order valence-electron chi connectivity index (χ0n) is 7.96. The number of aromatic nitrogens is 1. The Kier molecular flexibility index (Phi) is 2.37. The van der Waals surface area contributed by atoms with Gasteiger partial charge in [0.2, 0.25) is 0 Å². The van der Waals surface area contributed by atoms with E-state index < -0.39 is 0 Å². The van der Waals surface area contributed by atoms with Gasteiger partial charge in [-0.1, -0.05) is 0 Å². The van der Waals surface area contributed by atoms with Crippen LogP contribution in [0, 0.1) is 11.2 Å². The Morgan fingerprint density at radius 3 is 2.79 bits per heavy atom. The summed E-state index contributed by atoms with van der Waals surface area (Å²) in [5.74, 6) is 0.404. The van der Waals surface area contributed by atoms with Gasteiger partial charge in [-0.05, 0) is 36.9 Å². The summed E-state index contributed by atoms with van der Waals surface area (Å²) in [6.07, 6.45) is 3.57. The molecule has 1 heterocycles. The summed E-state index contributed by atoms with van der Waals surface area (Å²) < 4.78 is 12.5. The molecule has 1 aliphatic rings. The quantitative estimate of drug-likeness (QED) is 0.763. The van der Waals surface area contributed by atoms with Crippen LogP contribution in [0.25, 0.3) is 0 Å². The second-order valence-corrected chi connectivity index (χ2v) is 3.92. The van der Waals surface area contributed by atoms with E-state index in [1.54, 1.807) is 6.07 Å². The second-order valence-electron chi connectivity index (χ2n) is 3.92. The van der Waals surface area contributed by atoms with Gasteiger partial charge in [0.25, 0.3) is 0 Å². The van der Waals surface area contributed by atoms with Crippen molar-refractivity contribution in [1.29, 1.82) is 0 Å². The van der Waals surface area contributed by atoms with E-state index in [-0.39, 0.29) is 11.2 Å². The van der Waals surface area contributed by atoms with Crippen molar-refractivity contribution in [3.05, 3.63) is 24.1 Å². The third-order valence-electron chi connectivity index (χ3n) is 2.76. The van der Waals surface area contributed by atoms with Crippen molar-refractivity contribution < 1.29 is 4.39 Å². The van der Waals surface area contributed by atoms with Crippen LogP contribution in [0.5, 0.6) is 0 Å². The first-order valence-electron chi connectivity index (χ1n) is 4.80. The fraction of sp³-hybridized carbons (Fsp3) is 0.500. The molecule has 0 amide bonds. The number of nitrogens with two attached hydrogens (primary N) is 1. The highest BCUT2D eigenvalue weighted by atomic mass is 19.1. The van der Waals surface area contributed by atoms with Gasteiger partial charge in [0.15, 0.2) is 0 Å². The molecule has 4 heteroatoms. The van der Waals surface area contributed by atoms with Gasteiger partial charge in [0, 0.05) is 6.54 Å². The molecule has 0 aliphatic heterocycles. The van der Waals surface area contributed by atoms with Crippen molar-refractivity contribution in [3.8, 4) is 0 Å². The Morgan fingerprint density at radius 1 is 1.50 bits per heavy atom. The van der Waals surface area contributed by atoms with Crippen LogP contribution in [0.3, 0.4) is 0 Å². The van der Waals surface area contributed by atoms with E-state index in [0.29, 0.717) is 12.4 Å². The molecular weight excluding hydrogens is 181 g/mol. The zero-order chi connectivity index (χ0) is 10.0. The molecule has 0 saturated heterocycles. The van der Waals surface area contributed by atoms with Crippen LogP contribution in [0.1, 0.15) is 12.8 Å². The van der Waals surface area contributed by atoms with Gasteiger partial charge in [-0.15, -0.1) is 0 Å². The molecule has 1 saturated carbocycles. The van der Waals surface area contributed by atoms with Crippen LogP contribution in [0.15, 0.2) is 18.3 Å². The van der Waals surface area contributed by atoms with E-state index in [0.717, 1.165) is 6.54 Å². The van der Waals surface area contributed by atoms with Crippen molar-refractivity contribution in [2.24, 2.45) is 11.1 Å². The van der Waals surface area contributed by atoms with Gasteiger partial charge in [0.05, 0.1) is 6.20 Å². The lowest BCUT2D eigenvalue weighted by molar-refractivity contribution is 0.554. The number of rotatable bonds is 4. The Hall–Kier alpha value is -1.16. The average Bonchev–Trinajstić information content (AvgIpc) is 2.98. The molecule has 0 spiro atoms. The summed E-state index contributed by atoms with van der Waals surface area (Å²) in [5.41, 5.74) is 5.91. The molecule has 0 unspecified atom stereocenters. The summed E-state index contributed by atoms with van der Waals surface area (Å²) in [7, 11) is 0. The lowest BCUT2D eigenvalue weighted by atomic mass is 10.1. The standard InChI is InChI=1S/C10H14FN3/c11-8-1-2-9(13-5-8)14-7-10(6-12)3-4-10/h1-2,5H,3-4,6-7,12H2,(H,13,14). The highest BCUT2D eigenvalue weighted by Crippen LogP contribution is 2.44. The van der Waals surface area contributed by atoms with Gasteiger partial charge in [0.1, 0.15) is 11.6 Å². The van der Waals surface area contributed by atoms with Crippen molar-refractivity contribution in [3.63, 3.8) is 0 Å². The molecule has 1 aromatic heterocycles. The van der Waals surface area contributed by atoms with Crippen LogP contribution in [0.4, 0.5) is 10.2 Å².